The summed E-state index contributed by atoms with van der Waals surface area (Å²) >= 11 is 0. The van der Waals surface area contributed by atoms with Gasteiger partial charge in [-0.1, -0.05) is 26.0 Å². The summed E-state index contributed by atoms with van der Waals surface area (Å²) < 4.78 is 16.6. The lowest BCUT2D eigenvalue weighted by molar-refractivity contribution is 0.0531. The van der Waals surface area contributed by atoms with Crippen molar-refractivity contribution in [2.45, 2.75) is 45.4 Å². The summed E-state index contributed by atoms with van der Waals surface area (Å²) in [5, 5.41) is 6.81. The SMILES string of the molecule is CCNC(=NCC1(c2ccc(OC)cc2)CCOCC1)NCCCOCC(C)C. The van der Waals surface area contributed by atoms with Crippen LogP contribution in [-0.2, 0) is 14.9 Å². The molecule has 0 radical (unpaired) electrons. The third-order valence-corrected chi connectivity index (χ3v) is 5.25. The number of rotatable bonds is 11. The first-order chi connectivity index (χ1) is 14.1. The fraction of sp³-hybridized carbons (Fsp3) is 0.696. The van der Waals surface area contributed by atoms with Crippen LogP contribution in [0.5, 0.6) is 5.75 Å². The van der Waals surface area contributed by atoms with Gasteiger partial charge < -0.3 is 24.8 Å². The summed E-state index contributed by atoms with van der Waals surface area (Å²) in [7, 11) is 1.70. The van der Waals surface area contributed by atoms with Gasteiger partial charge in [0.2, 0.25) is 0 Å². The summed E-state index contributed by atoms with van der Waals surface area (Å²) in [5.41, 5.74) is 1.32. The normalized spacial score (nSPS) is 16.7. The van der Waals surface area contributed by atoms with E-state index in [1.54, 1.807) is 7.11 Å². The van der Waals surface area contributed by atoms with Crippen LogP contribution in [0.4, 0.5) is 0 Å². The van der Waals surface area contributed by atoms with E-state index in [9.17, 15) is 0 Å². The van der Waals surface area contributed by atoms with Crippen LogP contribution < -0.4 is 15.4 Å². The first kappa shape index (κ1) is 23.5. The zero-order valence-corrected chi connectivity index (χ0v) is 18.6. The Balaban J connectivity index is 1.98. The number of methoxy groups -OCH3 is 1. The Kier molecular flexibility index (Phi) is 10.3. The van der Waals surface area contributed by atoms with E-state index in [2.05, 4.69) is 43.5 Å². The number of aliphatic imine (C=N–C) groups is 1. The van der Waals surface area contributed by atoms with E-state index in [-0.39, 0.29) is 5.41 Å². The van der Waals surface area contributed by atoms with Gasteiger partial charge in [0.1, 0.15) is 5.75 Å². The quantitative estimate of drug-likeness (QED) is 0.336. The summed E-state index contributed by atoms with van der Waals surface area (Å²) in [5.74, 6) is 2.33. The molecule has 29 heavy (non-hydrogen) atoms. The smallest absolute Gasteiger partial charge is 0.191 e. The van der Waals surface area contributed by atoms with Crippen molar-refractivity contribution in [2.75, 3.05) is 53.2 Å². The number of nitrogens with zero attached hydrogens (tertiary/aromatic N) is 1. The maximum absolute atomic E-state index is 5.66. The number of benzene rings is 1. The molecule has 6 heteroatoms. The third kappa shape index (κ3) is 7.86. The number of guanidine groups is 1. The van der Waals surface area contributed by atoms with Crippen molar-refractivity contribution in [3.05, 3.63) is 29.8 Å². The van der Waals surface area contributed by atoms with Crippen LogP contribution in [-0.4, -0.2) is 59.1 Å². The molecule has 1 aromatic rings. The predicted molar refractivity (Wildman–Crippen MR) is 119 cm³/mol. The second-order valence-electron chi connectivity index (χ2n) is 8.07. The second-order valence-corrected chi connectivity index (χ2v) is 8.07. The molecule has 0 bridgehead atoms. The summed E-state index contributed by atoms with van der Waals surface area (Å²) in [4.78, 5) is 4.94. The molecular formula is C23H39N3O3. The minimum absolute atomic E-state index is 0.00719. The lowest BCUT2D eigenvalue weighted by Gasteiger charge is -2.36. The van der Waals surface area contributed by atoms with Crippen molar-refractivity contribution in [1.29, 1.82) is 0 Å². The average Bonchev–Trinajstić information content (AvgIpc) is 2.75. The van der Waals surface area contributed by atoms with Crippen molar-refractivity contribution in [1.82, 2.24) is 10.6 Å². The molecule has 0 unspecified atom stereocenters. The van der Waals surface area contributed by atoms with Gasteiger partial charge in [-0.2, -0.15) is 0 Å². The minimum Gasteiger partial charge on any atom is -0.497 e. The van der Waals surface area contributed by atoms with Crippen molar-refractivity contribution in [3.8, 4) is 5.75 Å². The molecule has 0 atom stereocenters. The van der Waals surface area contributed by atoms with E-state index in [1.807, 2.05) is 12.1 Å². The monoisotopic (exact) mass is 405 g/mol. The van der Waals surface area contributed by atoms with Crippen LogP contribution in [0.2, 0.25) is 0 Å². The standard InChI is InChI=1S/C23H39N3O3/c1-5-24-22(25-13-6-14-29-17-19(2)3)26-18-23(11-15-28-16-12-23)20-7-9-21(27-4)10-8-20/h7-10,19H,5-6,11-18H2,1-4H3,(H2,24,25,26). The highest BCUT2D eigenvalue weighted by Gasteiger charge is 2.34. The molecule has 164 valence electrons. The Morgan fingerprint density at radius 3 is 2.52 bits per heavy atom. The van der Waals surface area contributed by atoms with Crippen LogP contribution in [0.1, 0.15) is 45.6 Å². The maximum atomic E-state index is 5.66. The third-order valence-electron chi connectivity index (χ3n) is 5.25. The number of hydrogen-bond acceptors (Lipinski definition) is 4. The largest absolute Gasteiger partial charge is 0.497 e. The molecule has 0 aliphatic carbocycles. The van der Waals surface area contributed by atoms with E-state index in [0.29, 0.717) is 5.92 Å². The van der Waals surface area contributed by atoms with Gasteiger partial charge in [0.15, 0.2) is 5.96 Å². The number of hydrogen-bond donors (Lipinski definition) is 2. The Bertz CT molecular complexity index is 596. The molecule has 1 heterocycles. The van der Waals surface area contributed by atoms with Crippen molar-refractivity contribution < 1.29 is 14.2 Å². The first-order valence-electron chi connectivity index (χ1n) is 10.9. The molecule has 1 saturated heterocycles. The summed E-state index contributed by atoms with van der Waals surface area (Å²) in [6.07, 6.45) is 2.92. The number of ether oxygens (including phenoxy) is 3. The zero-order chi connectivity index (χ0) is 21.0. The highest BCUT2D eigenvalue weighted by Crippen LogP contribution is 2.36. The maximum Gasteiger partial charge on any atom is 0.191 e. The molecule has 0 amide bonds. The molecule has 0 aromatic heterocycles. The zero-order valence-electron chi connectivity index (χ0n) is 18.6. The van der Waals surface area contributed by atoms with Gasteiger partial charge in [-0.15, -0.1) is 0 Å². The Morgan fingerprint density at radius 2 is 1.90 bits per heavy atom. The Morgan fingerprint density at radius 1 is 1.17 bits per heavy atom. The highest BCUT2D eigenvalue weighted by atomic mass is 16.5. The van der Waals surface area contributed by atoms with Crippen molar-refractivity contribution >= 4 is 5.96 Å². The molecule has 0 saturated carbocycles. The summed E-state index contributed by atoms with van der Waals surface area (Å²) in [6.45, 7) is 12.0. The Labute approximate surface area is 176 Å². The molecule has 1 aromatic carbocycles. The van der Waals surface area contributed by atoms with Crippen LogP contribution in [0, 0.1) is 5.92 Å². The topological polar surface area (TPSA) is 64.1 Å². The fourth-order valence-corrected chi connectivity index (χ4v) is 3.52. The lowest BCUT2D eigenvalue weighted by atomic mass is 9.74. The van der Waals surface area contributed by atoms with Gasteiger partial charge in [0, 0.05) is 44.9 Å². The van der Waals surface area contributed by atoms with Crippen LogP contribution in [0.25, 0.3) is 0 Å². The van der Waals surface area contributed by atoms with Gasteiger partial charge >= 0.3 is 0 Å². The lowest BCUT2D eigenvalue weighted by Crippen LogP contribution is -2.41. The van der Waals surface area contributed by atoms with E-state index >= 15 is 0 Å². The van der Waals surface area contributed by atoms with E-state index in [0.717, 1.165) is 77.0 Å². The van der Waals surface area contributed by atoms with Crippen LogP contribution in [0.15, 0.2) is 29.3 Å². The highest BCUT2D eigenvalue weighted by molar-refractivity contribution is 5.79. The first-order valence-corrected chi connectivity index (χ1v) is 10.9. The van der Waals surface area contributed by atoms with Crippen LogP contribution in [0.3, 0.4) is 0 Å². The molecule has 2 N–H and O–H groups in total. The summed E-state index contributed by atoms with van der Waals surface area (Å²) in [6, 6.07) is 8.42. The Hall–Kier alpha value is -1.79. The second kappa shape index (κ2) is 12.7. The van der Waals surface area contributed by atoms with Crippen molar-refractivity contribution in [2.24, 2.45) is 10.9 Å². The van der Waals surface area contributed by atoms with Gasteiger partial charge in [-0.05, 0) is 49.8 Å². The van der Waals surface area contributed by atoms with Crippen molar-refractivity contribution in [3.63, 3.8) is 0 Å². The molecule has 0 spiro atoms. The van der Waals surface area contributed by atoms with Gasteiger partial charge in [0.25, 0.3) is 0 Å². The minimum atomic E-state index is 0.00719. The van der Waals surface area contributed by atoms with E-state index < -0.39 is 0 Å². The number of nitrogens with one attached hydrogen (secondary N) is 2. The van der Waals surface area contributed by atoms with Gasteiger partial charge in [-0.3, -0.25) is 4.99 Å². The van der Waals surface area contributed by atoms with Crippen LogP contribution >= 0.6 is 0 Å². The molecular weight excluding hydrogens is 366 g/mol. The molecule has 1 fully saturated rings. The molecule has 2 rings (SSSR count). The molecule has 1 aliphatic heterocycles. The predicted octanol–water partition coefficient (Wildman–Crippen LogP) is 3.36. The molecule has 1 aliphatic rings. The molecule has 6 nitrogen and oxygen atoms in total. The van der Waals surface area contributed by atoms with Gasteiger partial charge in [0.05, 0.1) is 13.7 Å². The van der Waals surface area contributed by atoms with E-state index in [1.165, 1.54) is 5.56 Å². The average molecular weight is 406 g/mol. The van der Waals surface area contributed by atoms with E-state index in [4.69, 9.17) is 19.2 Å². The van der Waals surface area contributed by atoms with Gasteiger partial charge in [-0.25, -0.2) is 0 Å². The fourth-order valence-electron chi connectivity index (χ4n) is 3.52.